The highest BCUT2D eigenvalue weighted by Crippen LogP contribution is 2.33. The van der Waals surface area contributed by atoms with Crippen LogP contribution in [0.15, 0.2) is 53.9 Å². The molecule has 2 aromatic carbocycles. The van der Waals surface area contributed by atoms with E-state index in [4.69, 9.17) is 21.1 Å². The number of benzene rings is 2. The number of carbonyl (C=O) groups is 1. The zero-order chi connectivity index (χ0) is 19.3. The van der Waals surface area contributed by atoms with Crippen molar-refractivity contribution in [3.63, 3.8) is 0 Å². The minimum atomic E-state index is -0.0506. The minimum Gasteiger partial charge on any atom is -0.488 e. The van der Waals surface area contributed by atoms with Gasteiger partial charge in [0.15, 0.2) is 0 Å². The number of hydrogen-bond acceptors (Lipinski definition) is 5. The van der Waals surface area contributed by atoms with E-state index in [9.17, 15) is 4.79 Å². The maximum Gasteiger partial charge on any atom is 0.273 e. The van der Waals surface area contributed by atoms with Crippen LogP contribution in [0, 0.1) is 0 Å². The molecule has 4 rings (SSSR count). The van der Waals surface area contributed by atoms with Crippen molar-refractivity contribution in [1.29, 1.82) is 0 Å². The SMILES string of the molecule is O=C(c1csc(-c2ccccc2OCc2ccc(Cl)cc2)n1)N1CCOCC1. The molecule has 7 heteroatoms. The average Bonchev–Trinajstić information content (AvgIpc) is 3.24. The molecule has 1 aliphatic heterocycles. The van der Waals surface area contributed by atoms with Crippen molar-refractivity contribution in [2.24, 2.45) is 0 Å². The van der Waals surface area contributed by atoms with Gasteiger partial charge in [0, 0.05) is 23.5 Å². The van der Waals surface area contributed by atoms with Gasteiger partial charge in [-0.2, -0.15) is 0 Å². The molecule has 5 nitrogen and oxygen atoms in total. The number of hydrogen-bond donors (Lipinski definition) is 0. The second-order valence-corrected chi connectivity index (χ2v) is 7.65. The highest BCUT2D eigenvalue weighted by atomic mass is 35.5. The second-order valence-electron chi connectivity index (χ2n) is 6.35. The van der Waals surface area contributed by atoms with Gasteiger partial charge in [0.05, 0.1) is 18.8 Å². The monoisotopic (exact) mass is 414 g/mol. The molecule has 0 N–H and O–H groups in total. The molecule has 1 fully saturated rings. The molecule has 0 bridgehead atoms. The fourth-order valence-corrected chi connectivity index (χ4v) is 3.88. The third-order valence-electron chi connectivity index (χ3n) is 4.45. The molecule has 3 aromatic rings. The lowest BCUT2D eigenvalue weighted by Crippen LogP contribution is -2.40. The summed E-state index contributed by atoms with van der Waals surface area (Å²) in [7, 11) is 0. The summed E-state index contributed by atoms with van der Waals surface area (Å²) < 4.78 is 11.3. The van der Waals surface area contributed by atoms with Crippen LogP contribution in [-0.4, -0.2) is 42.1 Å². The molecule has 28 heavy (non-hydrogen) atoms. The van der Waals surface area contributed by atoms with Crippen LogP contribution in [0.3, 0.4) is 0 Å². The van der Waals surface area contributed by atoms with Crippen LogP contribution >= 0.6 is 22.9 Å². The molecular formula is C21H19ClN2O3S. The summed E-state index contributed by atoms with van der Waals surface area (Å²) in [4.78, 5) is 19.0. The van der Waals surface area contributed by atoms with E-state index in [1.165, 1.54) is 11.3 Å². The minimum absolute atomic E-state index is 0.0506. The number of morpholine rings is 1. The van der Waals surface area contributed by atoms with Crippen molar-refractivity contribution in [3.8, 4) is 16.3 Å². The molecule has 1 amide bonds. The summed E-state index contributed by atoms with van der Waals surface area (Å²) in [5.41, 5.74) is 2.37. The van der Waals surface area contributed by atoms with Crippen LogP contribution in [0.25, 0.3) is 10.6 Å². The van der Waals surface area contributed by atoms with E-state index in [0.29, 0.717) is 43.6 Å². The molecule has 0 unspecified atom stereocenters. The highest BCUT2D eigenvalue weighted by molar-refractivity contribution is 7.13. The normalized spacial score (nSPS) is 14.1. The van der Waals surface area contributed by atoms with Gasteiger partial charge in [-0.3, -0.25) is 4.79 Å². The molecule has 144 valence electrons. The topological polar surface area (TPSA) is 51.7 Å². The van der Waals surface area contributed by atoms with Crippen molar-refractivity contribution < 1.29 is 14.3 Å². The number of amides is 1. The van der Waals surface area contributed by atoms with Gasteiger partial charge in [-0.15, -0.1) is 11.3 Å². The first kappa shape index (κ1) is 18.9. The number of ether oxygens (including phenoxy) is 2. The van der Waals surface area contributed by atoms with Crippen molar-refractivity contribution in [2.45, 2.75) is 6.61 Å². The Morgan fingerprint density at radius 1 is 1.14 bits per heavy atom. The lowest BCUT2D eigenvalue weighted by molar-refractivity contribution is 0.0299. The van der Waals surface area contributed by atoms with Gasteiger partial charge in [0.2, 0.25) is 0 Å². The lowest BCUT2D eigenvalue weighted by atomic mass is 10.2. The van der Waals surface area contributed by atoms with E-state index < -0.39 is 0 Å². The Balaban J connectivity index is 1.51. The van der Waals surface area contributed by atoms with Crippen LogP contribution in [0.2, 0.25) is 5.02 Å². The number of halogens is 1. The second kappa shape index (κ2) is 8.73. The Hall–Kier alpha value is -2.41. The maximum absolute atomic E-state index is 12.6. The van der Waals surface area contributed by atoms with E-state index in [1.807, 2.05) is 53.9 Å². The first-order chi connectivity index (χ1) is 13.7. The summed E-state index contributed by atoms with van der Waals surface area (Å²) in [5.74, 6) is 0.683. The molecule has 0 saturated carbocycles. The van der Waals surface area contributed by atoms with Gasteiger partial charge in [-0.25, -0.2) is 4.98 Å². The smallest absolute Gasteiger partial charge is 0.273 e. The van der Waals surface area contributed by atoms with Crippen molar-refractivity contribution >= 4 is 28.8 Å². The Morgan fingerprint density at radius 3 is 2.68 bits per heavy atom. The molecule has 1 aliphatic rings. The molecule has 1 saturated heterocycles. The number of rotatable bonds is 5. The summed E-state index contributed by atoms with van der Waals surface area (Å²) >= 11 is 7.38. The van der Waals surface area contributed by atoms with E-state index in [2.05, 4.69) is 4.98 Å². The lowest BCUT2D eigenvalue weighted by Gasteiger charge is -2.25. The Bertz CT molecular complexity index is 952. The highest BCUT2D eigenvalue weighted by Gasteiger charge is 2.21. The van der Waals surface area contributed by atoms with Gasteiger partial charge >= 0.3 is 0 Å². The molecule has 2 heterocycles. The summed E-state index contributed by atoms with van der Waals surface area (Å²) in [6.45, 7) is 2.78. The van der Waals surface area contributed by atoms with Gasteiger partial charge < -0.3 is 14.4 Å². The summed E-state index contributed by atoms with van der Waals surface area (Å²) in [6, 6.07) is 15.3. The third kappa shape index (κ3) is 4.35. The molecule has 0 radical (unpaired) electrons. The van der Waals surface area contributed by atoms with Crippen LogP contribution in [-0.2, 0) is 11.3 Å². The zero-order valence-electron chi connectivity index (χ0n) is 15.1. The molecule has 0 spiro atoms. The number of thiazole rings is 1. The predicted molar refractivity (Wildman–Crippen MR) is 110 cm³/mol. The van der Waals surface area contributed by atoms with Gasteiger partial charge in [0.1, 0.15) is 23.1 Å². The van der Waals surface area contributed by atoms with Crippen molar-refractivity contribution in [1.82, 2.24) is 9.88 Å². The van der Waals surface area contributed by atoms with Crippen LogP contribution < -0.4 is 4.74 Å². The third-order valence-corrected chi connectivity index (χ3v) is 5.57. The van der Waals surface area contributed by atoms with Gasteiger partial charge in [0.25, 0.3) is 5.91 Å². The van der Waals surface area contributed by atoms with E-state index in [1.54, 1.807) is 4.90 Å². The van der Waals surface area contributed by atoms with Crippen molar-refractivity contribution in [2.75, 3.05) is 26.3 Å². The number of aromatic nitrogens is 1. The zero-order valence-corrected chi connectivity index (χ0v) is 16.7. The Labute approximate surface area is 172 Å². The fraction of sp³-hybridized carbons (Fsp3) is 0.238. The van der Waals surface area contributed by atoms with Crippen molar-refractivity contribution in [3.05, 3.63) is 70.2 Å². The maximum atomic E-state index is 12.6. The van der Waals surface area contributed by atoms with E-state index in [-0.39, 0.29) is 5.91 Å². The number of para-hydroxylation sites is 1. The molecule has 0 aliphatic carbocycles. The van der Waals surface area contributed by atoms with Crippen LogP contribution in [0.4, 0.5) is 0 Å². The van der Waals surface area contributed by atoms with Crippen LogP contribution in [0.5, 0.6) is 5.75 Å². The number of carbonyl (C=O) groups excluding carboxylic acids is 1. The standard InChI is InChI=1S/C21H19ClN2O3S/c22-16-7-5-15(6-8-16)13-27-19-4-2-1-3-17(19)20-23-18(14-28-20)21(25)24-9-11-26-12-10-24/h1-8,14H,9-13H2. The molecular weight excluding hydrogens is 396 g/mol. The quantitative estimate of drug-likeness (QED) is 0.616. The first-order valence-corrected chi connectivity index (χ1v) is 10.3. The predicted octanol–water partition coefficient (Wildman–Crippen LogP) is 4.51. The molecule has 0 atom stereocenters. The first-order valence-electron chi connectivity index (χ1n) is 9.00. The molecule has 1 aromatic heterocycles. The Kier molecular flexibility index (Phi) is 5.90. The largest absolute Gasteiger partial charge is 0.488 e. The van der Waals surface area contributed by atoms with Gasteiger partial charge in [-0.1, -0.05) is 35.9 Å². The summed E-state index contributed by atoms with van der Waals surface area (Å²) in [5, 5.41) is 3.27. The van der Waals surface area contributed by atoms with E-state index in [0.717, 1.165) is 21.9 Å². The number of nitrogens with zero attached hydrogens (tertiary/aromatic N) is 2. The summed E-state index contributed by atoms with van der Waals surface area (Å²) in [6.07, 6.45) is 0. The van der Waals surface area contributed by atoms with Gasteiger partial charge in [-0.05, 0) is 29.8 Å². The van der Waals surface area contributed by atoms with Crippen LogP contribution in [0.1, 0.15) is 16.1 Å². The Morgan fingerprint density at radius 2 is 1.89 bits per heavy atom. The fourth-order valence-electron chi connectivity index (χ4n) is 2.94. The average molecular weight is 415 g/mol. The van der Waals surface area contributed by atoms with E-state index >= 15 is 0 Å².